The highest BCUT2D eigenvalue weighted by molar-refractivity contribution is 5.78. The third-order valence-corrected chi connectivity index (χ3v) is 6.55. The van der Waals surface area contributed by atoms with Gasteiger partial charge in [-0.1, -0.05) is 6.92 Å². The molecule has 1 atom stereocenters. The fourth-order valence-corrected chi connectivity index (χ4v) is 5.43. The molecule has 0 aromatic carbocycles. The average molecular weight is 362 g/mol. The zero-order valence-corrected chi connectivity index (χ0v) is 14.6. The lowest BCUT2D eigenvalue weighted by atomic mass is 9.49. The van der Waals surface area contributed by atoms with E-state index in [1.54, 1.807) is 0 Å². The summed E-state index contributed by atoms with van der Waals surface area (Å²) < 4.78 is 47.8. The van der Waals surface area contributed by atoms with E-state index in [1.807, 2.05) is 6.92 Å². The monoisotopic (exact) mass is 362 g/mol. The fourth-order valence-electron chi connectivity index (χ4n) is 5.43. The Morgan fingerprint density at radius 3 is 2.04 bits per heavy atom. The molecule has 142 valence electrons. The standard InChI is InChI=1S/C18H25F3O4/c1-3-17(13-5-11-4-12(7-13)8-14(17)6-11)25-15(22)9-24-16(23)10(2)18(19,20)21/h10-14H,3-9H2,1-2H3. The highest BCUT2D eigenvalue weighted by atomic mass is 19.4. The molecule has 0 aromatic rings. The Morgan fingerprint density at radius 1 is 1.08 bits per heavy atom. The quantitative estimate of drug-likeness (QED) is 0.697. The summed E-state index contributed by atoms with van der Waals surface area (Å²) in [5.74, 6) is -2.36. The maximum atomic E-state index is 12.5. The summed E-state index contributed by atoms with van der Waals surface area (Å²) in [4.78, 5) is 23.6. The van der Waals surface area contributed by atoms with Gasteiger partial charge in [0.15, 0.2) is 6.61 Å². The molecule has 4 aliphatic rings. The van der Waals surface area contributed by atoms with Gasteiger partial charge in [0.05, 0.1) is 0 Å². The molecule has 7 heteroatoms. The summed E-state index contributed by atoms with van der Waals surface area (Å²) in [7, 11) is 0. The van der Waals surface area contributed by atoms with Crippen molar-refractivity contribution in [2.75, 3.05) is 6.61 Å². The Kier molecular flexibility index (Phi) is 4.79. The highest BCUT2D eigenvalue weighted by Crippen LogP contribution is 2.60. The molecule has 0 radical (unpaired) electrons. The third-order valence-electron chi connectivity index (χ3n) is 6.55. The number of carbonyl (C=O) groups excluding carboxylic acids is 2. The van der Waals surface area contributed by atoms with Crippen molar-refractivity contribution in [2.45, 2.75) is 64.1 Å². The lowest BCUT2D eigenvalue weighted by molar-refractivity contribution is -0.217. The van der Waals surface area contributed by atoms with E-state index in [4.69, 9.17) is 4.74 Å². The Morgan fingerprint density at radius 2 is 1.60 bits per heavy atom. The predicted molar refractivity (Wildman–Crippen MR) is 82.3 cm³/mol. The van der Waals surface area contributed by atoms with Gasteiger partial charge >= 0.3 is 18.1 Å². The van der Waals surface area contributed by atoms with Crippen LogP contribution in [0.5, 0.6) is 0 Å². The van der Waals surface area contributed by atoms with Crippen LogP contribution in [-0.2, 0) is 19.1 Å². The van der Waals surface area contributed by atoms with E-state index < -0.39 is 36.2 Å². The molecule has 0 saturated heterocycles. The lowest BCUT2D eigenvalue weighted by Crippen LogP contribution is -2.59. The zero-order valence-electron chi connectivity index (χ0n) is 14.6. The summed E-state index contributed by atoms with van der Waals surface area (Å²) in [6, 6.07) is 0. The van der Waals surface area contributed by atoms with Crippen molar-refractivity contribution < 1.29 is 32.2 Å². The van der Waals surface area contributed by atoms with E-state index in [0.717, 1.165) is 32.6 Å². The van der Waals surface area contributed by atoms with Crippen LogP contribution < -0.4 is 0 Å². The van der Waals surface area contributed by atoms with Crippen LogP contribution >= 0.6 is 0 Å². The smallest absolute Gasteiger partial charge is 0.401 e. The van der Waals surface area contributed by atoms with E-state index in [-0.39, 0.29) is 0 Å². The topological polar surface area (TPSA) is 52.6 Å². The molecule has 0 aliphatic heterocycles. The van der Waals surface area contributed by atoms with Gasteiger partial charge in [-0.15, -0.1) is 0 Å². The van der Waals surface area contributed by atoms with E-state index in [0.29, 0.717) is 30.1 Å². The predicted octanol–water partition coefficient (Wildman–Crippen LogP) is 3.88. The lowest BCUT2D eigenvalue weighted by Gasteiger charge is -2.60. The molecule has 4 bridgehead atoms. The van der Waals surface area contributed by atoms with E-state index in [1.165, 1.54) is 6.42 Å². The maximum Gasteiger partial charge on any atom is 0.401 e. The number of hydrogen-bond donors (Lipinski definition) is 0. The average Bonchev–Trinajstić information content (AvgIpc) is 2.54. The van der Waals surface area contributed by atoms with Gasteiger partial charge in [0.2, 0.25) is 0 Å². The van der Waals surface area contributed by atoms with Crippen molar-refractivity contribution in [2.24, 2.45) is 29.6 Å². The van der Waals surface area contributed by atoms with Crippen LogP contribution in [0.4, 0.5) is 13.2 Å². The molecule has 0 N–H and O–H groups in total. The van der Waals surface area contributed by atoms with Crippen molar-refractivity contribution in [1.82, 2.24) is 0 Å². The first-order valence-electron chi connectivity index (χ1n) is 9.10. The van der Waals surface area contributed by atoms with Gasteiger partial charge < -0.3 is 9.47 Å². The number of hydrogen-bond acceptors (Lipinski definition) is 4. The van der Waals surface area contributed by atoms with E-state index in [2.05, 4.69) is 4.74 Å². The third kappa shape index (κ3) is 3.38. The first-order chi connectivity index (χ1) is 11.7. The molecule has 0 heterocycles. The summed E-state index contributed by atoms with van der Waals surface area (Å²) in [5.41, 5.74) is -0.535. The first-order valence-corrected chi connectivity index (χ1v) is 9.10. The summed E-state index contributed by atoms with van der Waals surface area (Å²) >= 11 is 0. The van der Waals surface area contributed by atoms with Gasteiger partial charge in [0, 0.05) is 0 Å². The van der Waals surface area contributed by atoms with Crippen LogP contribution in [0.1, 0.15) is 52.4 Å². The molecule has 4 nitrogen and oxygen atoms in total. The molecule has 1 unspecified atom stereocenters. The van der Waals surface area contributed by atoms with Crippen LogP contribution in [0.15, 0.2) is 0 Å². The zero-order chi connectivity index (χ0) is 18.4. The van der Waals surface area contributed by atoms with Crippen molar-refractivity contribution >= 4 is 11.9 Å². The van der Waals surface area contributed by atoms with Gasteiger partial charge in [-0.05, 0) is 69.1 Å². The molecule has 0 spiro atoms. The molecular formula is C18H25F3O4. The Bertz CT molecular complexity index is 515. The van der Waals surface area contributed by atoms with Gasteiger partial charge in [0.1, 0.15) is 11.5 Å². The number of alkyl halides is 3. The Labute approximate surface area is 145 Å². The van der Waals surface area contributed by atoms with Crippen LogP contribution in [0.2, 0.25) is 0 Å². The molecule has 4 saturated carbocycles. The van der Waals surface area contributed by atoms with E-state index >= 15 is 0 Å². The molecule has 4 fully saturated rings. The van der Waals surface area contributed by atoms with Gasteiger partial charge in [-0.25, -0.2) is 4.79 Å². The minimum absolute atomic E-state index is 0.322. The van der Waals surface area contributed by atoms with Crippen LogP contribution in [0, 0.1) is 29.6 Å². The van der Waals surface area contributed by atoms with Gasteiger partial charge in [-0.2, -0.15) is 13.2 Å². The van der Waals surface area contributed by atoms with Crippen LogP contribution in [0.3, 0.4) is 0 Å². The molecule has 25 heavy (non-hydrogen) atoms. The van der Waals surface area contributed by atoms with E-state index in [9.17, 15) is 22.8 Å². The van der Waals surface area contributed by atoms with Crippen LogP contribution in [0.25, 0.3) is 0 Å². The minimum Gasteiger partial charge on any atom is -0.456 e. The number of carbonyl (C=O) groups is 2. The summed E-state index contributed by atoms with van der Waals surface area (Å²) in [6.07, 6.45) is 1.51. The SMILES string of the molecule is CCC1(OC(=O)COC(=O)C(C)C(F)(F)F)C2CC3CC(C2)CC1C3. The highest BCUT2D eigenvalue weighted by Gasteiger charge is 2.58. The second kappa shape index (κ2) is 6.47. The summed E-state index contributed by atoms with van der Waals surface area (Å²) in [6.45, 7) is 1.96. The van der Waals surface area contributed by atoms with Crippen molar-refractivity contribution in [3.63, 3.8) is 0 Å². The van der Waals surface area contributed by atoms with Crippen LogP contribution in [-0.4, -0.2) is 30.3 Å². The molecule has 0 aromatic heterocycles. The second-order valence-corrected chi connectivity index (χ2v) is 7.96. The second-order valence-electron chi connectivity index (χ2n) is 7.96. The van der Waals surface area contributed by atoms with Crippen molar-refractivity contribution in [3.8, 4) is 0 Å². The fraction of sp³-hybridized carbons (Fsp3) is 0.889. The molecular weight excluding hydrogens is 337 g/mol. The number of esters is 2. The summed E-state index contributed by atoms with van der Waals surface area (Å²) in [5, 5.41) is 0. The molecule has 0 amide bonds. The normalized spacial score (nSPS) is 37.6. The Hall–Kier alpha value is -1.27. The largest absolute Gasteiger partial charge is 0.456 e. The molecule has 4 rings (SSSR count). The Balaban J connectivity index is 1.59. The number of halogens is 3. The number of rotatable bonds is 5. The minimum atomic E-state index is -4.67. The van der Waals surface area contributed by atoms with Gasteiger partial charge in [-0.3, -0.25) is 4.79 Å². The first kappa shape index (κ1) is 18.5. The maximum absolute atomic E-state index is 12.5. The molecule has 4 aliphatic carbocycles. The van der Waals surface area contributed by atoms with Gasteiger partial charge in [0.25, 0.3) is 0 Å². The number of ether oxygens (including phenoxy) is 2. The van der Waals surface area contributed by atoms with Crippen molar-refractivity contribution in [3.05, 3.63) is 0 Å². The van der Waals surface area contributed by atoms with Crippen molar-refractivity contribution in [1.29, 1.82) is 0 Å².